The maximum absolute atomic E-state index is 12.0. The van der Waals surface area contributed by atoms with Crippen LogP contribution in [0.15, 0.2) is 48.7 Å². The Kier molecular flexibility index (Phi) is 4.63. The second kappa shape index (κ2) is 6.84. The molecule has 1 N–H and O–H groups in total. The molecule has 3 rings (SSSR count). The van der Waals surface area contributed by atoms with Crippen molar-refractivity contribution in [3.8, 4) is 0 Å². The summed E-state index contributed by atoms with van der Waals surface area (Å²) in [7, 11) is 0. The highest BCUT2D eigenvalue weighted by molar-refractivity contribution is 6.31. The van der Waals surface area contributed by atoms with Crippen molar-refractivity contribution in [1.82, 2.24) is 15.1 Å². The van der Waals surface area contributed by atoms with Gasteiger partial charge in [-0.05, 0) is 30.7 Å². The van der Waals surface area contributed by atoms with Gasteiger partial charge >= 0.3 is 0 Å². The number of aryl methyl sites for hydroxylation is 2. The molecule has 0 saturated carbocycles. The SMILES string of the molecule is Cc1ccc2c(cnn2CCC(=O)NCc2ccccc2Cl)c1. The number of benzene rings is 2. The van der Waals surface area contributed by atoms with E-state index < -0.39 is 0 Å². The highest BCUT2D eigenvalue weighted by Gasteiger charge is 2.07. The molecule has 5 heteroatoms. The molecule has 23 heavy (non-hydrogen) atoms. The Morgan fingerprint density at radius 3 is 2.91 bits per heavy atom. The quantitative estimate of drug-likeness (QED) is 0.776. The first kappa shape index (κ1) is 15.6. The minimum absolute atomic E-state index is 0.0133. The molecular formula is C18H18ClN3O. The summed E-state index contributed by atoms with van der Waals surface area (Å²) in [5.74, 6) is -0.0133. The van der Waals surface area contributed by atoms with Crippen molar-refractivity contribution >= 4 is 28.4 Å². The minimum Gasteiger partial charge on any atom is -0.352 e. The smallest absolute Gasteiger partial charge is 0.222 e. The molecule has 0 aliphatic carbocycles. The van der Waals surface area contributed by atoms with E-state index in [-0.39, 0.29) is 5.91 Å². The predicted molar refractivity (Wildman–Crippen MR) is 92.4 cm³/mol. The summed E-state index contributed by atoms with van der Waals surface area (Å²) in [5.41, 5.74) is 3.17. The van der Waals surface area contributed by atoms with Gasteiger partial charge in [0.05, 0.1) is 18.3 Å². The second-order valence-electron chi connectivity index (χ2n) is 5.55. The van der Waals surface area contributed by atoms with Crippen LogP contribution in [0, 0.1) is 6.92 Å². The van der Waals surface area contributed by atoms with Gasteiger partial charge in [-0.2, -0.15) is 5.10 Å². The number of aromatic nitrogens is 2. The van der Waals surface area contributed by atoms with Gasteiger partial charge in [-0.15, -0.1) is 0 Å². The third-order valence-corrected chi connectivity index (χ3v) is 4.15. The molecule has 0 saturated heterocycles. The van der Waals surface area contributed by atoms with Gasteiger partial charge in [0, 0.05) is 23.4 Å². The fraction of sp³-hybridized carbons (Fsp3) is 0.222. The first-order valence-electron chi connectivity index (χ1n) is 7.56. The molecule has 1 aromatic heterocycles. The number of amides is 1. The van der Waals surface area contributed by atoms with Crippen LogP contribution in [0.4, 0.5) is 0 Å². The highest BCUT2D eigenvalue weighted by Crippen LogP contribution is 2.16. The van der Waals surface area contributed by atoms with Crippen LogP contribution in [-0.4, -0.2) is 15.7 Å². The van der Waals surface area contributed by atoms with E-state index in [1.54, 1.807) is 0 Å². The van der Waals surface area contributed by atoms with E-state index in [2.05, 4.69) is 29.5 Å². The number of nitrogens with one attached hydrogen (secondary N) is 1. The zero-order valence-electron chi connectivity index (χ0n) is 12.9. The number of nitrogens with zero attached hydrogens (tertiary/aromatic N) is 2. The van der Waals surface area contributed by atoms with E-state index in [1.165, 1.54) is 5.56 Å². The monoisotopic (exact) mass is 327 g/mol. The van der Waals surface area contributed by atoms with Crippen molar-refractivity contribution in [2.45, 2.75) is 26.4 Å². The van der Waals surface area contributed by atoms with Crippen LogP contribution in [0.3, 0.4) is 0 Å². The molecule has 1 amide bonds. The molecule has 4 nitrogen and oxygen atoms in total. The fourth-order valence-electron chi connectivity index (χ4n) is 2.52. The van der Waals surface area contributed by atoms with E-state index >= 15 is 0 Å². The van der Waals surface area contributed by atoms with Crippen LogP contribution in [0.25, 0.3) is 10.9 Å². The maximum Gasteiger partial charge on any atom is 0.222 e. The number of halogens is 1. The summed E-state index contributed by atoms with van der Waals surface area (Å²) in [6, 6.07) is 13.7. The molecule has 0 aliphatic heterocycles. The van der Waals surface area contributed by atoms with Crippen LogP contribution < -0.4 is 5.32 Å². The predicted octanol–water partition coefficient (Wildman–Crippen LogP) is 3.70. The molecule has 2 aromatic carbocycles. The first-order chi connectivity index (χ1) is 11.1. The van der Waals surface area contributed by atoms with Gasteiger partial charge in [0.15, 0.2) is 0 Å². The average Bonchev–Trinajstić information content (AvgIpc) is 2.94. The normalized spacial score (nSPS) is 10.9. The van der Waals surface area contributed by atoms with Gasteiger partial charge < -0.3 is 5.32 Å². The third kappa shape index (κ3) is 3.71. The molecule has 0 atom stereocenters. The number of carbonyl (C=O) groups excluding carboxylic acids is 1. The lowest BCUT2D eigenvalue weighted by atomic mass is 10.2. The average molecular weight is 328 g/mol. The Hall–Kier alpha value is -2.33. The van der Waals surface area contributed by atoms with Gasteiger partial charge in [0.1, 0.15) is 0 Å². The summed E-state index contributed by atoms with van der Waals surface area (Å²) in [4.78, 5) is 12.0. The van der Waals surface area contributed by atoms with Crippen LogP contribution in [0.2, 0.25) is 5.02 Å². The number of fused-ring (bicyclic) bond motifs is 1. The van der Waals surface area contributed by atoms with E-state index in [4.69, 9.17) is 11.6 Å². The molecule has 1 heterocycles. The van der Waals surface area contributed by atoms with Crippen LogP contribution in [-0.2, 0) is 17.9 Å². The van der Waals surface area contributed by atoms with Crippen molar-refractivity contribution in [3.05, 3.63) is 64.8 Å². The van der Waals surface area contributed by atoms with Gasteiger partial charge in [-0.3, -0.25) is 9.48 Å². The van der Waals surface area contributed by atoms with E-state index in [0.29, 0.717) is 24.5 Å². The molecule has 0 unspecified atom stereocenters. The molecule has 118 valence electrons. The third-order valence-electron chi connectivity index (χ3n) is 3.78. The summed E-state index contributed by atoms with van der Waals surface area (Å²) < 4.78 is 1.86. The Morgan fingerprint density at radius 1 is 1.26 bits per heavy atom. The van der Waals surface area contributed by atoms with Crippen molar-refractivity contribution in [2.24, 2.45) is 0 Å². The van der Waals surface area contributed by atoms with Gasteiger partial charge in [-0.25, -0.2) is 0 Å². The lowest BCUT2D eigenvalue weighted by molar-refractivity contribution is -0.121. The number of carbonyl (C=O) groups is 1. The summed E-state index contributed by atoms with van der Waals surface area (Å²) in [6.07, 6.45) is 2.22. The second-order valence-corrected chi connectivity index (χ2v) is 5.96. The lowest BCUT2D eigenvalue weighted by Crippen LogP contribution is -2.24. The van der Waals surface area contributed by atoms with Crippen molar-refractivity contribution in [1.29, 1.82) is 0 Å². The van der Waals surface area contributed by atoms with E-state index in [0.717, 1.165) is 16.5 Å². The van der Waals surface area contributed by atoms with Crippen molar-refractivity contribution < 1.29 is 4.79 Å². The molecule has 3 aromatic rings. The van der Waals surface area contributed by atoms with Crippen molar-refractivity contribution in [3.63, 3.8) is 0 Å². The lowest BCUT2D eigenvalue weighted by Gasteiger charge is -2.07. The van der Waals surface area contributed by atoms with E-state index in [9.17, 15) is 4.79 Å². The Morgan fingerprint density at radius 2 is 2.09 bits per heavy atom. The number of hydrogen-bond acceptors (Lipinski definition) is 2. The summed E-state index contributed by atoms with van der Waals surface area (Å²) in [5, 5.41) is 9.02. The molecule has 0 fully saturated rings. The van der Waals surface area contributed by atoms with E-state index in [1.807, 2.05) is 41.2 Å². The standard InChI is InChI=1S/C18H18ClN3O/c1-13-6-7-17-15(10-13)12-21-22(17)9-8-18(23)20-11-14-4-2-3-5-16(14)19/h2-7,10,12H,8-9,11H2,1H3,(H,20,23). The van der Waals surface area contributed by atoms with Gasteiger partial charge in [-0.1, -0.05) is 41.4 Å². The first-order valence-corrected chi connectivity index (χ1v) is 7.93. The highest BCUT2D eigenvalue weighted by atomic mass is 35.5. The Bertz CT molecular complexity index is 841. The largest absolute Gasteiger partial charge is 0.352 e. The van der Waals surface area contributed by atoms with Gasteiger partial charge in [0.2, 0.25) is 5.91 Å². The molecule has 0 aliphatic rings. The number of hydrogen-bond donors (Lipinski definition) is 1. The Labute approximate surface area is 140 Å². The molecule has 0 radical (unpaired) electrons. The maximum atomic E-state index is 12.0. The van der Waals surface area contributed by atoms with Crippen LogP contribution in [0.1, 0.15) is 17.5 Å². The van der Waals surface area contributed by atoms with Crippen LogP contribution >= 0.6 is 11.6 Å². The topological polar surface area (TPSA) is 46.9 Å². The Balaban J connectivity index is 1.57. The zero-order chi connectivity index (χ0) is 16.2. The van der Waals surface area contributed by atoms with Crippen LogP contribution in [0.5, 0.6) is 0 Å². The molecule has 0 spiro atoms. The zero-order valence-corrected chi connectivity index (χ0v) is 13.7. The molecular weight excluding hydrogens is 310 g/mol. The van der Waals surface area contributed by atoms with Crippen molar-refractivity contribution in [2.75, 3.05) is 0 Å². The minimum atomic E-state index is -0.0133. The van der Waals surface area contributed by atoms with Gasteiger partial charge in [0.25, 0.3) is 0 Å². The molecule has 0 bridgehead atoms. The number of rotatable bonds is 5. The fourth-order valence-corrected chi connectivity index (χ4v) is 2.72. The summed E-state index contributed by atoms with van der Waals surface area (Å²) >= 11 is 6.08. The summed E-state index contributed by atoms with van der Waals surface area (Å²) in [6.45, 7) is 3.05.